The Kier molecular flexibility index (Phi) is 5.93. The van der Waals surface area contributed by atoms with Gasteiger partial charge in [-0.1, -0.05) is 23.9 Å². The normalized spacial score (nSPS) is 10.9. The van der Waals surface area contributed by atoms with Gasteiger partial charge in [-0.25, -0.2) is 14.8 Å². The van der Waals surface area contributed by atoms with E-state index in [2.05, 4.69) is 15.3 Å². The number of nitrogens with zero attached hydrogens (tertiary/aromatic N) is 3. The fraction of sp³-hybridized carbons (Fsp3) is 0.105. The quantitative estimate of drug-likeness (QED) is 0.322. The zero-order valence-corrected chi connectivity index (χ0v) is 17.7. The molecule has 0 bridgehead atoms. The van der Waals surface area contributed by atoms with Gasteiger partial charge in [-0.3, -0.25) is 14.2 Å². The molecule has 11 heteroatoms. The molecule has 152 valence electrons. The van der Waals surface area contributed by atoms with Crippen molar-refractivity contribution in [2.24, 2.45) is 0 Å². The van der Waals surface area contributed by atoms with Crippen molar-refractivity contribution >= 4 is 61.7 Å². The van der Waals surface area contributed by atoms with Gasteiger partial charge < -0.3 is 10.4 Å². The van der Waals surface area contributed by atoms with Crippen molar-refractivity contribution in [1.82, 2.24) is 14.5 Å². The maximum Gasteiger partial charge on any atom is 0.335 e. The van der Waals surface area contributed by atoms with Crippen LogP contribution in [0.3, 0.4) is 0 Å². The summed E-state index contributed by atoms with van der Waals surface area (Å²) in [4.78, 5) is 44.9. The summed E-state index contributed by atoms with van der Waals surface area (Å²) in [6, 6.07) is 8.09. The fourth-order valence-corrected chi connectivity index (χ4v) is 4.80. The first kappa shape index (κ1) is 20.3. The molecule has 3 aromatic heterocycles. The molecule has 0 saturated heterocycles. The van der Waals surface area contributed by atoms with Crippen LogP contribution in [0.25, 0.3) is 10.2 Å². The lowest BCUT2D eigenvalue weighted by molar-refractivity contribution is -0.113. The van der Waals surface area contributed by atoms with Crippen LogP contribution in [-0.4, -0.2) is 37.3 Å². The summed E-state index contributed by atoms with van der Waals surface area (Å²) in [5, 5.41) is 16.3. The molecule has 0 spiro atoms. The van der Waals surface area contributed by atoms with Crippen molar-refractivity contribution in [2.75, 3.05) is 11.1 Å². The maximum absolute atomic E-state index is 13.0. The standard InChI is InChI=1S/C19H14N4O4S3/c24-14(22-18-20-6-8-29-18)10-30-19-21-13-5-7-28-15(13)16(25)23(19)9-11-1-3-12(4-2-11)17(26)27/h1-8H,9-10H2,(H,26,27)(H,20,22,24). The second kappa shape index (κ2) is 8.78. The average Bonchev–Trinajstić information content (AvgIpc) is 3.41. The number of rotatable bonds is 7. The molecule has 1 aromatic carbocycles. The topological polar surface area (TPSA) is 114 Å². The lowest BCUT2D eigenvalue weighted by atomic mass is 10.1. The SMILES string of the molecule is O=C(CSc1nc2ccsc2c(=O)n1Cc1ccc(C(=O)O)cc1)Nc1nccs1. The molecular formula is C19H14N4O4S3. The molecule has 0 unspecified atom stereocenters. The first-order valence-corrected chi connectivity index (χ1v) is 11.4. The van der Waals surface area contributed by atoms with Gasteiger partial charge in [0.15, 0.2) is 10.3 Å². The van der Waals surface area contributed by atoms with Gasteiger partial charge in [0, 0.05) is 11.6 Å². The van der Waals surface area contributed by atoms with E-state index in [0.29, 0.717) is 20.5 Å². The van der Waals surface area contributed by atoms with Gasteiger partial charge in [-0.05, 0) is 29.1 Å². The molecule has 0 saturated carbocycles. The van der Waals surface area contributed by atoms with Crippen molar-refractivity contribution in [2.45, 2.75) is 11.7 Å². The summed E-state index contributed by atoms with van der Waals surface area (Å²) >= 11 is 3.80. The zero-order valence-electron chi connectivity index (χ0n) is 15.3. The smallest absolute Gasteiger partial charge is 0.335 e. The highest BCUT2D eigenvalue weighted by Crippen LogP contribution is 2.22. The average molecular weight is 459 g/mol. The number of hydrogen-bond donors (Lipinski definition) is 2. The Hall–Kier alpha value is -3.02. The predicted octanol–water partition coefficient (Wildman–Crippen LogP) is 3.39. The summed E-state index contributed by atoms with van der Waals surface area (Å²) in [5.41, 5.74) is 1.32. The number of thiazole rings is 1. The minimum atomic E-state index is -1.01. The molecule has 4 aromatic rings. The molecular weight excluding hydrogens is 444 g/mol. The Morgan fingerprint density at radius 1 is 1.13 bits per heavy atom. The summed E-state index contributed by atoms with van der Waals surface area (Å²) in [5.74, 6) is -1.19. The van der Waals surface area contributed by atoms with Gasteiger partial charge in [0.05, 0.1) is 23.4 Å². The van der Waals surface area contributed by atoms with E-state index in [-0.39, 0.29) is 29.3 Å². The summed E-state index contributed by atoms with van der Waals surface area (Å²) in [6.45, 7) is 0.218. The van der Waals surface area contributed by atoms with E-state index >= 15 is 0 Å². The Balaban J connectivity index is 1.60. The largest absolute Gasteiger partial charge is 0.478 e. The second-order valence-corrected chi connectivity index (χ2v) is 8.85. The number of fused-ring (bicyclic) bond motifs is 1. The van der Waals surface area contributed by atoms with E-state index in [4.69, 9.17) is 5.11 Å². The van der Waals surface area contributed by atoms with Crippen LogP contribution in [0.4, 0.5) is 5.13 Å². The molecule has 0 fully saturated rings. The van der Waals surface area contributed by atoms with E-state index < -0.39 is 5.97 Å². The number of nitrogens with one attached hydrogen (secondary N) is 1. The lowest BCUT2D eigenvalue weighted by Crippen LogP contribution is -2.24. The van der Waals surface area contributed by atoms with E-state index in [1.54, 1.807) is 35.2 Å². The zero-order chi connectivity index (χ0) is 21.1. The van der Waals surface area contributed by atoms with Crippen molar-refractivity contribution in [3.05, 3.63) is 68.8 Å². The number of carboxylic acid groups (broad SMARTS) is 1. The van der Waals surface area contributed by atoms with E-state index in [1.165, 1.54) is 39.4 Å². The molecule has 0 aliphatic heterocycles. The number of carbonyl (C=O) groups is 2. The van der Waals surface area contributed by atoms with Gasteiger partial charge in [-0.2, -0.15) is 0 Å². The number of benzene rings is 1. The third-order valence-corrected chi connectivity index (χ3v) is 6.64. The third-order valence-electron chi connectivity index (χ3n) is 4.08. The molecule has 3 heterocycles. The Labute approximate surface area is 182 Å². The second-order valence-electron chi connectivity index (χ2n) is 6.10. The molecule has 2 N–H and O–H groups in total. The van der Waals surface area contributed by atoms with Crippen LogP contribution in [0.5, 0.6) is 0 Å². The van der Waals surface area contributed by atoms with Gasteiger partial charge in [0.2, 0.25) is 5.91 Å². The first-order chi connectivity index (χ1) is 14.5. The first-order valence-electron chi connectivity index (χ1n) is 8.63. The molecule has 0 radical (unpaired) electrons. The van der Waals surface area contributed by atoms with Crippen molar-refractivity contribution in [3.8, 4) is 0 Å². The van der Waals surface area contributed by atoms with Crippen LogP contribution < -0.4 is 10.9 Å². The van der Waals surface area contributed by atoms with Crippen LogP contribution >= 0.6 is 34.4 Å². The lowest BCUT2D eigenvalue weighted by Gasteiger charge is -2.12. The van der Waals surface area contributed by atoms with Crippen LogP contribution in [0, 0.1) is 0 Å². The Morgan fingerprint density at radius 2 is 1.93 bits per heavy atom. The minimum absolute atomic E-state index is 0.0691. The minimum Gasteiger partial charge on any atom is -0.478 e. The number of thioether (sulfide) groups is 1. The van der Waals surface area contributed by atoms with Crippen LogP contribution in [-0.2, 0) is 11.3 Å². The molecule has 1 amide bonds. The number of carbonyl (C=O) groups excluding carboxylic acids is 1. The van der Waals surface area contributed by atoms with Gasteiger partial charge in [0.1, 0.15) is 4.70 Å². The highest BCUT2D eigenvalue weighted by atomic mass is 32.2. The molecule has 0 aliphatic carbocycles. The number of thiophene rings is 1. The van der Waals surface area contributed by atoms with Crippen molar-refractivity contribution in [3.63, 3.8) is 0 Å². The van der Waals surface area contributed by atoms with E-state index in [9.17, 15) is 14.4 Å². The Bertz CT molecular complexity index is 1260. The predicted molar refractivity (Wildman–Crippen MR) is 118 cm³/mol. The van der Waals surface area contributed by atoms with Gasteiger partial charge in [-0.15, -0.1) is 22.7 Å². The summed E-state index contributed by atoms with van der Waals surface area (Å²) < 4.78 is 2.05. The third kappa shape index (κ3) is 4.42. The summed E-state index contributed by atoms with van der Waals surface area (Å²) in [6.07, 6.45) is 1.60. The van der Waals surface area contributed by atoms with Crippen LogP contribution in [0.15, 0.2) is 57.2 Å². The summed E-state index contributed by atoms with van der Waals surface area (Å²) in [7, 11) is 0. The highest BCUT2D eigenvalue weighted by Gasteiger charge is 2.15. The molecule has 4 rings (SSSR count). The van der Waals surface area contributed by atoms with Gasteiger partial charge in [0.25, 0.3) is 5.56 Å². The van der Waals surface area contributed by atoms with Crippen LogP contribution in [0.2, 0.25) is 0 Å². The number of amides is 1. The monoisotopic (exact) mass is 458 g/mol. The number of anilines is 1. The molecule has 8 nitrogen and oxygen atoms in total. The molecule has 0 aliphatic rings. The van der Waals surface area contributed by atoms with E-state index in [0.717, 1.165) is 17.3 Å². The maximum atomic E-state index is 13.0. The molecule has 0 atom stereocenters. The number of hydrogen-bond acceptors (Lipinski definition) is 8. The van der Waals surface area contributed by atoms with E-state index in [1.807, 2.05) is 0 Å². The number of carboxylic acids is 1. The molecule has 30 heavy (non-hydrogen) atoms. The number of aromatic carboxylic acids is 1. The van der Waals surface area contributed by atoms with Gasteiger partial charge >= 0.3 is 5.97 Å². The Morgan fingerprint density at radius 3 is 2.63 bits per heavy atom. The van der Waals surface area contributed by atoms with Crippen molar-refractivity contribution in [1.29, 1.82) is 0 Å². The highest BCUT2D eigenvalue weighted by molar-refractivity contribution is 7.99. The van der Waals surface area contributed by atoms with Crippen molar-refractivity contribution < 1.29 is 14.7 Å². The number of aromatic nitrogens is 3. The fourth-order valence-electron chi connectivity index (χ4n) is 2.68. The van der Waals surface area contributed by atoms with Crippen LogP contribution in [0.1, 0.15) is 15.9 Å².